The van der Waals surface area contributed by atoms with Crippen molar-refractivity contribution in [1.29, 1.82) is 0 Å². The standard InChI is InChI=1S/C25H28ClN5O4/c1-15-4-6-18(26)9-22(15)35-13-23(32)31-10-16(2)30(25(33)21(31)12-34-3)11-17-5-7-19-20(8-17)28-14-29-24(19)27/h4-9,14,16,21H,10-13H2,1-3H3,(H2,27,28,29)/t16?,21-/m1/s1. The van der Waals surface area contributed by atoms with Crippen LogP contribution in [-0.4, -0.2) is 70.5 Å². The number of rotatable bonds is 7. The summed E-state index contributed by atoms with van der Waals surface area (Å²) in [5.41, 5.74) is 8.41. The van der Waals surface area contributed by atoms with Gasteiger partial charge in [0, 0.05) is 36.7 Å². The number of nitrogens with two attached hydrogens (primary N) is 1. The maximum Gasteiger partial charge on any atom is 0.261 e. The van der Waals surface area contributed by atoms with Crippen LogP contribution >= 0.6 is 11.6 Å². The molecule has 1 aliphatic heterocycles. The number of amides is 2. The van der Waals surface area contributed by atoms with Gasteiger partial charge in [-0.15, -0.1) is 0 Å². The zero-order valence-corrected chi connectivity index (χ0v) is 20.7. The fourth-order valence-corrected chi connectivity index (χ4v) is 4.41. The Labute approximate surface area is 208 Å². The Kier molecular flexibility index (Phi) is 7.37. The minimum Gasteiger partial charge on any atom is -0.483 e. The molecule has 2 aromatic carbocycles. The summed E-state index contributed by atoms with van der Waals surface area (Å²) in [4.78, 5) is 38.2. The molecule has 2 heterocycles. The van der Waals surface area contributed by atoms with Crippen molar-refractivity contribution in [3.63, 3.8) is 0 Å². The second kappa shape index (κ2) is 10.5. The minimum atomic E-state index is -0.744. The predicted octanol–water partition coefficient (Wildman–Crippen LogP) is 2.83. The quantitative estimate of drug-likeness (QED) is 0.534. The molecule has 4 rings (SSSR count). The number of hydrogen-bond donors (Lipinski definition) is 1. The van der Waals surface area contributed by atoms with Gasteiger partial charge in [-0.25, -0.2) is 9.97 Å². The number of methoxy groups -OCH3 is 1. The Hall–Kier alpha value is -3.43. The van der Waals surface area contributed by atoms with Gasteiger partial charge in [0.15, 0.2) is 6.61 Å². The lowest BCUT2D eigenvalue weighted by Gasteiger charge is -2.44. The van der Waals surface area contributed by atoms with Gasteiger partial charge >= 0.3 is 0 Å². The Morgan fingerprint density at radius 2 is 2.03 bits per heavy atom. The van der Waals surface area contributed by atoms with Crippen LogP contribution < -0.4 is 10.5 Å². The molecule has 2 amide bonds. The van der Waals surface area contributed by atoms with Crippen molar-refractivity contribution in [2.24, 2.45) is 0 Å². The predicted molar refractivity (Wildman–Crippen MR) is 133 cm³/mol. The molecule has 10 heteroatoms. The fourth-order valence-electron chi connectivity index (χ4n) is 4.25. The molecular weight excluding hydrogens is 470 g/mol. The van der Waals surface area contributed by atoms with Gasteiger partial charge < -0.3 is 25.0 Å². The van der Waals surface area contributed by atoms with E-state index in [-0.39, 0.29) is 31.1 Å². The minimum absolute atomic E-state index is 0.0888. The molecule has 3 aromatic rings. The van der Waals surface area contributed by atoms with Gasteiger partial charge in [-0.2, -0.15) is 0 Å². The maximum atomic E-state index is 13.5. The van der Waals surface area contributed by atoms with Crippen molar-refractivity contribution in [2.75, 3.05) is 32.6 Å². The molecular formula is C25H28ClN5O4. The van der Waals surface area contributed by atoms with Crippen molar-refractivity contribution in [2.45, 2.75) is 32.5 Å². The number of fused-ring (bicyclic) bond motifs is 1. The number of piperazine rings is 1. The Bertz CT molecular complexity index is 1250. The average molecular weight is 498 g/mol. The third-order valence-corrected chi connectivity index (χ3v) is 6.40. The van der Waals surface area contributed by atoms with E-state index in [1.165, 1.54) is 13.4 Å². The van der Waals surface area contributed by atoms with Crippen LogP contribution in [0.5, 0.6) is 5.75 Å². The van der Waals surface area contributed by atoms with Crippen LogP contribution in [0.15, 0.2) is 42.7 Å². The van der Waals surface area contributed by atoms with E-state index in [4.69, 9.17) is 26.8 Å². The van der Waals surface area contributed by atoms with Crippen molar-refractivity contribution in [1.82, 2.24) is 19.8 Å². The largest absolute Gasteiger partial charge is 0.483 e. The molecule has 1 unspecified atom stereocenters. The average Bonchev–Trinajstić information content (AvgIpc) is 2.84. The molecule has 1 aromatic heterocycles. The lowest BCUT2D eigenvalue weighted by molar-refractivity contribution is -0.159. The van der Waals surface area contributed by atoms with E-state index >= 15 is 0 Å². The van der Waals surface area contributed by atoms with E-state index in [0.717, 1.165) is 16.5 Å². The number of nitrogens with zero attached hydrogens (tertiary/aromatic N) is 4. The number of aromatic nitrogens is 2. The Balaban J connectivity index is 1.49. The lowest BCUT2D eigenvalue weighted by atomic mass is 10.0. The number of carbonyl (C=O) groups is 2. The summed E-state index contributed by atoms with van der Waals surface area (Å²) in [6, 6.07) is 9.97. The smallest absolute Gasteiger partial charge is 0.261 e. The first-order valence-corrected chi connectivity index (χ1v) is 11.6. The number of halogens is 1. The van der Waals surface area contributed by atoms with Gasteiger partial charge in [0.1, 0.15) is 23.9 Å². The summed E-state index contributed by atoms with van der Waals surface area (Å²) in [7, 11) is 1.51. The number of nitrogen functional groups attached to an aromatic ring is 1. The highest BCUT2D eigenvalue weighted by Crippen LogP contribution is 2.25. The molecule has 1 saturated heterocycles. The molecule has 1 aliphatic rings. The zero-order chi connectivity index (χ0) is 25.1. The van der Waals surface area contributed by atoms with Crippen LogP contribution in [0.2, 0.25) is 5.02 Å². The first-order chi connectivity index (χ1) is 16.8. The number of benzene rings is 2. The summed E-state index contributed by atoms with van der Waals surface area (Å²) in [6.45, 7) is 4.42. The molecule has 184 valence electrons. The highest BCUT2D eigenvalue weighted by Gasteiger charge is 2.41. The maximum absolute atomic E-state index is 13.5. The topological polar surface area (TPSA) is 111 Å². The third-order valence-electron chi connectivity index (χ3n) is 6.17. The lowest BCUT2D eigenvalue weighted by Crippen LogP contribution is -2.63. The van der Waals surface area contributed by atoms with Crippen molar-refractivity contribution in [3.8, 4) is 5.75 Å². The summed E-state index contributed by atoms with van der Waals surface area (Å²) in [6.07, 6.45) is 1.42. The van der Waals surface area contributed by atoms with Crippen molar-refractivity contribution < 1.29 is 19.1 Å². The summed E-state index contributed by atoms with van der Waals surface area (Å²) >= 11 is 6.05. The monoisotopic (exact) mass is 497 g/mol. The van der Waals surface area contributed by atoms with Crippen LogP contribution in [0.1, 0.15) is 18.1 Å². The molecule has 2 N–H and O–H groups in total. The van der Waals surface area contributed by atoms with Crippen molar-refractivity contribution >= 4 is 40.1 Å². The second-order valence-electron chi connectivity index (χ2n) is 8.64. The molecule has 35 heavy (non-hydrogen) atoms. The number of hydrogen-bond acceptors (Lipinski definition) is 7. The van der Waals surface area contributed by atoms with E-state index in [1.54, 1.807) is 21.9 Å². The van der Waals surface area contributed by atoms with E-state index < -0.39 is 6.04 Å². The van der Waals surface area contributed by atoms with Crippen LogP contribution in [-0.2, 0) is 20.9 Å². The van der Waals surface area contributed by atoms with Gasteiger partial charge in [-0.3, -0.25) is 9.59 Å². The molecule has 9 nitrogen and oxygen atoms in total. The first kappa shape index (κ1) is 24.7. The van der Waals surface area contributed by atoms with Crippen LogP contribution in [0.3, 0.4) is 0 Å². The molecule has 0 saturated carbocycles. The van der Waals surface area contributed by atoms with E-state index in [9.17, 15) is 9.59 Å². The molecule has 0 spiro atoms. The number of anilines is 1. The van der Waals surface area contributed by atoms with E-state index in [2.05, 4.69) is 9.97 Å². The molecule has 2 atom stereocenters. The zero-order valence-electron chi connectivity index (χ0n) is 19.9. The van der Waals surface area contributed by atoms with Gasteiger partial charge in [-0.1, -0.05) is 23.7 Å². The molecule has 0 radical (unpaired) electrons. The van der Waals surface area contributed by atoms with Gasteiger partial charge in [0.2, 0.25) is 5.91 Å². The first-order valence-electron chi connectivity index (χ1n) is 11.3. The van der Waals surface area contributed by atoms with Gasteiger partial charge in [-0.05, 0) is 49.2 Å². The highest BCUT2D eigenvalue weighted by atomic mass is 35.5. The fraction of sp³-hybridized carbons (Fsp3) is 0.360. The van der Waals surface area contributed by atoms with Gasteiger partial charge in [0.05, 0.1) is 12.1 Å². The molecule has 1 fully saturated rings. The number of carbonyl (C=O) groups excluding carboxylic acids is 2. The second-order valence-corrected chi connectivity index (χ2v) is 9.08. The third kappa shape index (κ3) is 5.31. The summed E-state index contributed by atoms with van der Waals surface area (Å²) in [5, 5.41) is 1.29. The van der Waals surface area contributed by atoms with Crippen LogP contribution in [0.25, 0.3) is 10.9 Å². The van der Waals surface area contributed by atoms with Crippen LogP contribution in [0.4, 0.5) is 5.82 Å². The summed E-state index contributed by atoms with van der Waals surface area (Å²) in [5.74, 6) is 0.478. The number of ether oxygens (including phenoxy) is 2. The van der Waals surface area contributed by atoms with Crippen LogP contribution in [0, 0.1) is 6.92 Å². The van der Waals surface area contributed by atoms with E-state index in [1.807, 2.05) is 38.1 Å². The molecule has 0 aliphatic carbocycles. The number of aryl methyl sites for hydroxylation is 1. The summed E-state index contributed by atoms with van der Waals surface area (Å²) < 4.78 is 11.0. The SMILES string of the molecule is COC[C@@H]1C(=O)N(Cc2ccc3c(N)ncnc3c2)C(C)CN1C(=O)COc1cc(Cl)ccc1C. The Morgan fingerprint density at radius 1 is 1.23 bits per heavy atom. The normalized spacial score (nSPS) is 18.2. The van der Waals surface area contributed by atoms with E-state index in [0.29, 0.717) is 35.2 Å². The Morgan fingerprint density at radius 3 is 2.80 bits per heavy atom. The highest BCUT2D eigenvalue weighted by molar-refractivity contribution is 6.30. The van der Waals surface area contributed by atoms with Crippen molar-refractivity contribution in [3.05, 3.63) is 58.9 Å². The van der Waals surface area contributed by atoms with Gasteiger partial charge in [0.25, 0.3) is 5.91 Å². The molecule has 0 bridgehead atoms.